The largest absolute Gasteiger partial charge is 0.508 e. The lowest BCUT2D eigenvalue weighted by molar-refractivity contribution is 0.0433. The van der Waals surface area contributed by atoms with Gasteiger partial charge in [0.25, 0.3) is 5.91 Å². The summed E-state index contributed by atoms with van der Waals surface area (Å²) >= 11 is 5.96. The molecule has 1 aliphatic heterocycles. The Morgan fingerprint density at radius 1 is 1.37 bits per heavy atom. The van der Waals surface area contributed by atoms with Crippen molar-refractivity contribution in [2.75, 3.05) is 19.1 Å². The molecule has 0 spiro atoms. The molecule has 3 N–H and O–H groups in total. The summed E-state index contributed by atoms with van der Waals surface area (Å²) in [7, 11) is 0. The van der Waals surface area contributed by atoms with Crippen molar-refractivity contribution in [2.45, 2.75) is 18.4 Å². The number of halogens is 1. The second-order valence-electron chi connectivity index (χ2n) is 4.68. The third kappa shape index (κ3) is 3.11. The molecule has 0 radical (unpaired) electrons. The van der Waals surface area contributed by atoms with Crippen molar-refractivity contribution < 1.29 is 19.7 Å². The van der Waals surface area contributed by atoms with Gasteiger partial charge in [-0.3, -0.25) is 4.79 Å². The first kappa shape index (κ1) is 14.0. The fraction of sp³-hybridized carbons (Fsp3) is 0.462. The van der Waals surface area contributed by atoms with Gasteiger partial charge < -0.3 is 20.3 Å². The van der Waals surface area contributed by atoms with E-state index in [4.69, 9.17) is 16.3 Å². The first-order valence-corrected chi connectivity index (χ1v) is 6.58. The molecule has 1 heterocycles. The van der Waals surface area contributed by atoms with Crippen LogP contribution >= 0.6 is 11.6 Å². The molecule has 0 saturated carbocycles. The molecule has 1 aromatic carbocycles. The molecule has 19 heavy (non-hydrogen) atoms. The highest BCUT2D eigenvalue weighted by Crippen LogP contribution is 2.26. The molecule has 0 atom stereocenters. The highest BCUT2D eigenvalue weighted by atomic mass is 35.5. The summed E-state index contributed by atoms with van der Waals surface area (Å²) < 4.78 is 5.26. The van der Waals surface area contributed by atoms with Crippen LogP contribution in [0.4, 0.5) is 0 Å². The zero-order valence-electron chi connectivity index (χ0n) is 10.4. The van der Waals surface area contributed by atoms with E-state index in [1.54, 1.807) is 0 Å². The Hall–Kier alpha value is -1.46. The minimum Gasteiger partial charge on any atom is -0.508 e. The monoisotopic (exact) mass is 285 g/mol. The molecule has 1 aromatic rings. The van der Waals surface area contributed by atoms with Crippen LogP contribution in [0.5, 0.6) is 11.5 Å². The van der Waals surface area contributed by atoms with Crippen molar-refractivity contribution in [3.63, 3.8) is 0 Å². The Kier molecular flexibility index (Phi) is 4.17. The minimum absolute atomic E-state index is 0.0906. The van der Waals surface area contributed by atoms with Gasteiger partial charge in [-0.25, -0.2) is 0 Å². The summed E-state index contributed by atoms with van der Waals surface area (Å²) in [5.41, 5.74) is -0.380. The lowest BCUT2D eigenvalue weighted by Gasteiger charge is -2.36. The van der Waals surface area contributed by atoms with E-state index in [9.17, 15) is 15.0 Å². The number of hydrogen-bond acceptors (Lipinski definition) is 4. The zero-order chi connectivity index (χ0) is 13.9. The number of hydrogen-bond donors (Lipinski definition) is 3. The molecule has 0 aromatic heterocycles. The number of phenolic OH excluding ortho intramolecular Hbond substituents is 2. The topological polar surface area (TPSA) is 78.8 Å². The van der Waals surface area contributed by atoms with Gasteiger partial charge >= 0.3 is 0 Å². The summed E-state index contributed by atoms with van der Waals surface area (Å²) in [4.78, 5) is 12.2. The fourth-order valence-corrected chi connectivity index (χ4v) is 2.41. The van der Waals surface area contributed by atoms with E-state index in [0.29, 0.717) is 31.9 Å². The normalized spacial score (nSPS) is 17.9. The SMILES string of the molecule is O=C(NC1(CCl)CCOCC1)c1ccc(O)cc1O. The molecule has 1 fully saturated rings. The van der Waals surface area contributed by atoms with E-state index in [2.05, 4.69) is 5.32 Å². The fourth-order valence-electron chi connectivity index (χ4n) is 2.07. The van der Waals surface area contributed by atoms with Crippen molar-refractivity contribution in [3.8, 4) is 11.5 Å². The Bertz CT molecular complexity index is 472. The number of alkyl halides is 1. The van der Waals surface area contributed by atoms with Gasteiger partial charge in [-0.2, -0.15) is 0 Å². The van der Waals surface area contributed by atoms with Gasteiger partial charge in [0.05, 0.1) is 11.1 Å². The maximum Gasteiger partial charge on any atom is 0.255 e. The van der Waals surface area contributed by atoms with Crippen LogP contribution in [0.3, 0.4) is 0 Å². The molecule has 1 saturated heterocycles. The third-order valence-corrected chi connectivity index (χ3v) is 3.82. The van der Waals surface area contributed by atoms with Gasteiger partial charge in [0.1, 0.15) is 11.5 Å². The van der Waals surface area contributed by atoms with Crippen molar-refractivity contribution in [1.29, 1.82) is 0 Å². The van der Waals surface area contributed by atoms with Crippen molar-refractivity contribution in [2.24, 2.45) is 0 Å². The summed E-state index contributed by atoms with van der Waals surface area (Å²) in [6.07, 6.45) is 1.28. The van der Waals surface area contributed by atoms with E-state index < -0.39 is 11.4 Å². The molecule has 2 rings (SSSR count). The second kappa shape index (κ2) is 5.67. The van der Waals surface area contributed by atoms with Gasteiger partial charge in [0.15, 0.2) is 0 Å². The summed E-state index contributed by atoms with van der Waals surface area (Å²) in [5.74, 6) is -0.456. The Morgan fingerprint density at radius 3 is 2.63 bits per heavy atom. The highest BCUT2D eigenvalue weighted by Gasteiger charge is 2.34. The molecule has 0 unspecified atom stereocenters. The molecule has 0 aliphatic carbocycles. The number of amides is 1. The lowest BCUT2D eigenvalue weighted by atomic mass is 9.91. The second-order valence-corrected chi connectivity index (χ2v) is 4.95. The number of carbonyl (C=O) groups is 1. The average Bonchev–Trinajstić information content (AvgIpc) is 2.39. The van der Waals surface area contributed by atoms with Crippen LogP contribution in [0.1, 0.15) is 23.2 Å². The van der Waals surface area contributed by atoms with Gasteiger partial charge in [-0.1, -0.05) is 0 Å². The standard InChI is InChI=1S/C13H16ClNO4/c14-8-13(3-5-19-6-4-13)15-12(18)10-2-1-9(16)7-11(10)17/h1-2,7,16-17H,3-6,8H2,(H,15,18). The lowest BCUT2D eigenvalue weighted by Crippen LogP contribution is -2.53. The predicted molar refractivity (Wildman–Crippen MR) is 70.7 cm³/mol. The number of carbonyl (C=O) groups excluding carboxylic acids is 1. The van der Waals surface area contributed by atoms with E-state index >= 15 is 0 Å². The third-order valence-electron chi connectivity index (χ3n) is 3.31. The molecule has 6 heteroatoms. The molecular formula is C13H16ClNO4. The van der Waals surface area contributed by atoms with Crippen LogP contribution in [0.2, 0.25) is 0 Å². The van der Waals surface area contributed by atoms with Gasteiger partial charge in [0, 0.05) is 25.2 Å². The summed E-state index contributed by atoms with van der Waals surface area (Å²) in [6, 6.07) is 3.86. The highest BCUT2D eigenvalue weighted by molar-refractivity contribution is 6.19. The van der Waals surface area contributed by atoms with Crippen molar-refractivity contribution in [3.05, 3.63) is 23.8 Å². The minimum atomic E-state index is -0.499. The molecular weight excluding hydrogens is 270 g/mol. The smallest absolute Gasteiger partial charge is 0.255 e. The van der Waals surface area contributed by atoms with Crippen LogP contribution in [-0.4, -0.2) is 40.8 Å². The van der Waals surface area contributed by atoms with Crippen LogP contribution in [0, 0.1) is 0 Å². The molecule has 1 amide bonds. The maximum absolute atomic E-state index is 12.2. The summed E-state index contributed by atoms with van der Waals surface area (Å²) in [5, 5.41) is 21.7. The van der Waals surface area contributed by atoms with Crippen LogP contribution in [-0.2, 0) is 4.74 Å². The van der Waals surface area contributed by atoms with E-state index in [0.717, 1.165) is 6.07 Å². The van der Waals surface area contributed by atoms with Crippen LogP contribution < -0.4 is 5.32 Å². The predicted octanol–water partition coefficient (Wildman–Crippen LogP) is 1.62. The van der Waals surface area contributed by atoms with E-state index in [1.165, 1.54) is 12.1 Å². The van der Waals surface area contributed by atoms with Crippen LogP contribution in [0.25, 0.3) is 0 Å². The van der Waals surface area contributed by atoms with Gasteiger partial charge in [0.2, 0.25) is 0 Å². The number of nitrogens with one attached hydrogen (secondary N) is 1. The average molecular weight is 286 g/mol. The molecule has 104 valence electrons. The van der Waals surface area contributed by atoms with Crippen molar-refractivity contribution >= 4 is 17.5 Å². The summed E-state index contributed by atoms with van der Waals surface area (Å²) in [6.45, 7) is 1.10. The van der Waals surface area contributed by atoms with E-state index in [1.807, 2.05) is 0 Å². The number of ether oxygens (including phenoxy) is 1. The first-order valence-electron chi connectivity index (χ1n) is 6.04. The zero-order valence-corrected chi connectivity index (χ0v) is 11.1. The van der Waals surface area contributed by atoms with Crippen molar-refractivity contribution in [1.82, 2.24) is 5.32 Å². The molecule has 1 aliphatic rings. The Morgan fingerprint density at radius 2 is 2.05 bits per heavy atom. The molecule has 5 nitrogen and oxygen atoms in total. The number of aromatic hydroxyl groups is 2. The quantitative estimate of drug-likeness (QED) is 0.737. The van der Waals surface area contributed by atoms with Gasteiger partial charge in [-0.15, -0.1) is 11.6 Å². The number of benzene rings is 1. The first-order chi connectivity index (χ1) is 9.06. The Balaban J connectivity index is 2.15. The maximum atomic E-state index is 12.2. The molecule has 0 bridgehead atoms. The van der Waals surface area contributed by atoms with Crippen LogP contribution in [0.15, 0.2) is 18.2 Å². The van der Waals surface area contributed by atoms with Gasteiger partial charge in [-0.05, 0) is 25.0 Å². The number of phenols is 2. The number of rotatable bonds is 3. The van der Waals surface area contributed by atoms with E-state index in [-0.39, 0.29) is 17.1 Å². The Labute approximate surface area is 116 Å².